The van der Waals surface area contributed by atoms with Crippen LogP contribution < -0.4 is 0 Å². The normalized spacial score (nSPS) is 28.1. The molecule has 0 unspecified atom stereocenters. The van der Waals surface area contributed by atoms with Crippen LogP contribution in [0, 0.1) is 22.7 Å². The summed E-state index contributed by atoms with van der Waals surface area (Å²) in [4.78, 5) is 0. The van der Waals surface area contributed by atoms with Crippen LogP contribution in [0.1, 0.15) is 72.6 Å². The Bertz CT molecular complexity index is 446. The summed E-state index contributed by atoms with van der Waals surface area (Å²) in [6, 6.07) is 2.44. The standard InChI is InChI=1S/C16H29NO2S/c1-5-6-14-7-9-16(13-17,10-8-14)11-12-20(18,19)15(2,3)4/h14H,5-12H2,1-4H3. The van der Waals surface area contributed by atoms with Crippen molar-refractivity contribution < 1.29 is 8.42 Å². The van der Waals surface area contributed by atoms with Gasteiger partial charge < -0.3 is 0 Å². The number of hydrogen-bond donors (Lipinski definition) is 0. The molecule has 0 amide bonds. The second kappa shape index (κ2) is 6.47. The molecule has 0 aromatic heterocycles. The Kier molecular flexibility index (Phi) is 5.66. The molecule has 0 aromatic carbocycles. The highest BCUT2D eigenvalue weighted by molar-refractivity contribution is 7.92. The Hall–Kier alpha value is -0.560. The fourth-order valence-corrected chi connectivity index (χ4v) is 4.25. The van der Waals surface area contributed by atoms with Gasteiger partial charge in [0.05, 0.1) is 22.0 Å². The summed E-state index contributed by atoms with van der Waals surface area (Å²) in [5.74, 6) is 0.878. The van der Waals surface area contributed by atoms with E-state index in [4.69, 9.17) is 0 Å². The van der Waals surface area contributed by atoms with Crippen molar-refractivity contribution in [3.63, 3.8) is 0 Å². The molecule has 1 aliphatic carbocycles. The highest BCUT2D eigenvalue weighted by Gasteiger charge is 2.38. The van der Waals surface area contributed by atoms with E-state index >= 15 is 0 Å². The molecule has 1 fully saturated rings. The number of nitriles is 1. The maximum Gasteiger partial charge on any atom is 0.155 e. The van der Waals surface area contributed by atoms with Crippen LogP contribution in [0.25, 0.3) is 0 Å². The largest absolute Gasteiger partial charge is 0.228 e. The van der Waals surface area contributed by atoms with Gasteiger partial charge in [-0.1, -0.05) is 19.8 Å². The summed E-state index contributed by atoms with van der Waals surface area (Å²) < 4.78 is 23.7. The second-order valence-electron chi connectivity index (χ2n) is 7.31. The van der Waals surface area contributed by atoms with Gasteiger partial charge in [0, 0.05) is 0 Å². The second-order valence-corrected chi connectivity index (χ2v) is 10.2. The molecular weight excluding hydrogens is 270 g/mol. The molecule has 0 atom stereocenters. The van der Waals surface area contributed by atoms with Crippen LogP contribution in [-0.2, 0) is 9.84 Å². The van der Waals surface area contributed by atoms with Gasteiger partial charge >= 0.3 is 0 Å². The molecule has 0 saturated heterocycles. The molecule has 20 heavy (non-hydrogen) atoms. The van der Waals surface area contributed by atoms with E-state index in [1.54, 1.807) is 20.8 Å². The molecule has 1 rings (SSSR count). The van der Waals surface area contributed by atoms with Crippen LogP contribution >= 0.6 is 0 Å². The quantitative estimate of drug-likeness (QED) is 0.768. The van der Waals surface area contributed by atoms with E-state index in [0.717, 1.165) is 31.6 Å². The van der Waals surface area contributed by atoms with E-state index in [-0.39, 0.29) is 5.75 Å². The minimum absolute atomic E-state index is 0.141. The van der Waals surface area contributed by atoms with Crippen LogP contribution in [0.15, 0.2) is 0 Å². The minimum atomic E-state index is -3.12. The third kappa shape index (κ3) is 4.22. The van der Waals surface area contributed by atoms with E-state index in [9.17, 15) is 13.7 Å². The predicted octanol–water partition coefficient (Wildman–Crippen LogP) is 4.09. The topological polar surface area (TPSA) is 57.9 Å². The Morgan fingerprint density at radius 1 is 1.25 bits per heavy atom. The van der Waals surface area contributed by atoms with E-state index < -0.39 is 20.0 Å². The lowest BCUT2D eigenvalue weighted by atomic mass is 9.69. The maximum atomic E-state index is 12.2. The number of sulfone groups is 1. The predicted molar refractivity (Wildman–Crippen MR) is 83.1 cm³/mol. The van der Waals surface area contributed by atoms with Gasteiger partial charge in [0.1, 0.15) is 0 Å². The molecular formula is C16H29NO2S. The number of rotatable bonds is 5. The summed E-state index contributed by atoms with van der Waals surface area (Å²) in [6.07, 6.45) is 6.84. The SMILES string of the molecule is CCCC1CCC(C#N)(CCS(=O)(=O)C(C)(C)C)CC1. The van der Waals surface area contributed by atoms with Gasteiger partial charge in [0.2, 0.25) is 0 Å². The molecule has 4 heteroatoms. The average molecular weight is 299 g/mol. The fourth-order valence-electron chi connectivity index (χ4n) is 2.98. The summed E-state index contributed by atoms with van der Waals surface area (Å²) >= 11 is 0. The molecule has 0 aromatic rings. The van der Waals surface area contributed by atoms with Crippen molar-refractivity contribution in [2.75, 3.05) is 5.75 Å². The van der Waals surface area contributed by atoms with E-state index in [2.05, 4.69) is 13.0 Å². The first kappa shape index (κ1) is 17.5. The highest BCUT2D eigenvalue weighted by atomic mass is 32.2. The van der Waals surface area contributed by atoms with Crippen molar-refractivity contribution in [1.82, 2.24) is 0 Å². The van der Waals surface area contributed by atoms with Crippen LogP contribution in [0.5, 0.6) is 0 Å². The minimum Gasteiger partial charge on any atom is -0.228 e. The monoisotopic (exact) mass is 299 g/mol. The molecule has 1 aliphatic rings. The molecule has 0 heterocycles. The third-order valence-electron chi connectivity index (χ3n) is 4.78. The molecule has 1 saturated carbocycles. The number of nitrogens with zero attached hydrogens (tertiary/aromatic N) is 1. The smallest absolute Gasteiger partial charge is 0.155 e. The van der Waals surface area contributed by atoms with E-state index in [1.165, 1.54) is 12.8 Å². The van der Waals surface area contributed by atoms with Crippen molar-refractivity contribution in [3.05, 3.63) is 0 Å². The molecule has 116 valence electrons. The van der Waals surface area contributed by atoms with Gasteiger partial charge in [-0.15, -0.1) is 0 Å². The molecule has 3 nitrogen and oxygen atoms in total. The van der Waals surface area contributed by atoms with Gasteiger partial charge in [-0.2, -0.15) is 5.26 Å². The molecule has 0 spiro atoms. The Balaban J connectivity index is 2.64. The van der Waals surface area contributed by atoms with Crippen LogP contribution in [0.3, 0.4) is 0 Å². The fraction of sp³-hybridized carbons (Fsp3) is 0.938. The third-order valence-corrected chi connectivity index (χ3v) is 7.39. The summed E-state index contributed by atoms with van der Waals surface area (Å²) in [5, 5.41) is 9.51. The maximum absolute atomic E-state index is 12.2. The lowest BCUT2D eigenvalue weighted by Gasteiger charge is -2.35. The van der Waals surface area contributed by atoms with Gasteiger partial charge in [-0.05, 0) is 58.8 Å². The van der Waals surface area contributed by atoms with Crippen LogP contribution in [0.4, 0.5) is 0 Å². The van der Waals surface area contributed by atoms with Gasteiger partial charge in [-0.25, -0.2) is 8.42 Å². The van der Waals surface area contributed by atoms with Crippen molar-refractivity contribution in [1.29, 1.82) is 5.26 Å². The molecule has 0 N–H and O–H groups in total. The Morgan fingerprint density at radius 2 is 1.80 bits per heavy atom. The van der Waals surface area contributed by atoms with Gasteiger partial charge in [0.15, 0.2) is 9.84 Å². The highest BCUT2D eigenvalue weighted by Crippen LogP contribution is 2.43. The lowest BCUT2D eigenvalue weighted by Crippen LogP contribution is -2.34. The van der Waals surface area contributed by atoms with E-state index in [0.29, 0.717) is 6.42 Å². The van der Waals surface area contributed by atoms with Crippen molar-refractivity contribution in [2.45, 2.75) is 77.4 Å². The zero-order valence-electron chi connectivity index (χ0n) is 13.4. The summed E-state index contributed by atoms with van der Waals surface area (Å²) in [5.41, 5.74) is -0.400. The summed E-state index contributed by atoms with van der Waals surface area (Å²) in [7, 11) is -3.12. The van der Waals surface area contributed by atoms with Crippen molar-refractivity contribution in [2.24, 2.45) is 11.3 Å². The molecule has 0 radical (unpaired) electrons. The van der Waals surface area contributed by atoms with Crippen molar-refractivity contribution >= 4 is 9.84 Å². The van der Waals surface area contributed by atoms with Crippen molar-refractivity contribution in [3.8, 4) is 6.07 Å². The molecule has 0 aliphatic heterocycles. The van der Waals surface area contributed by atoms with Crippen LogP contribution in [-0.4, -0.2) is 18.9 Å². The average Bonchev–Trinajstić information content (AvgIpc) is 2.37. The zero-order valence-corrected chi connectivity index (χ0v) is 14.2. The van der Waals surface area contributed by atoms with Crippen LogP contribution in [0.2, 0.25) is 0 Å². The first-order chi connectivity index (χ1) is 9.16. The Labute approximate surface area is 124 Å². The van der Waals surface area contributed by atoms with Gasteiger partial charge in [0.25, 0.3) is 0 Å². The first-order valence-corrected chi connectivity index (χ1v) is 9.44. The van der Waals surface area contributed by atoms with E-state index in [1.807, 2.05) is 0 Å². The Morgan fingerprint density at radius 3 is 2.20 bits per heavy atom. The first-order valence-electron chi connectivity index (χ1n) is 7.79. The zero-order chi connectivity index (χ0) is 15.4. The van der Waals surface area contributed by atoms with Gasteiger partial charge in [-0.3, -0.25) is 0 Å². The number of hydrogen-bond acceptors (Lipinski definition) is 3. The lowest BCUT2D eigenvalue weighted by molar-refractivity contribution is 0.196. The summed E-state index contributed by atoms with van der Waals surface area (Å²) in [6.45, 7) is 7.40. The molecule has 0 bridgehead atoms.